The van der Waals surface area contributed by atoms with Crippen LogP contribution in [0.1, 0.15) is 0 Å². The maximum atomic E-state index is 8.90. The smallest absolute Gasteiger partial charge is 0.174 e. The monoisotopic (exact) mass is 158 g/mol. The Bertz CT molecular complexity index is 232. The molecule has 0 fully saturated rings. The van der Waals surface area contributed by atoms with Crippen molar-refractivity contribution >= 4 is 12.6 Å². The Hall–Kier alpha value is -1.03. The van der Waals surface area contributed by atoms with Crippen LogP contribution in [-0.2, 0) is 0 Å². The molecule has 54 valence electrons. The first-order valence-corrected chi connectivity index (χ1v) is 3.00. The maximum Gasteiger partial charge on any atom is 0.174 e. The lowest BCUT2D eigenvalue weighted by molar-refractivity contribution is 0.382. The number of phenols is 3. The Labute approximate surface area is 63.0 Å². The summed E-state index contributed by atoms with van der Waals surface area (Å²) in [5.41, 5.74) is 0. The standard InChI is InChI=1S/C6H6O3S/c7-3-1-2-4(8)6(10)5(3)9/h1-2,7-10H. The van der Waals surface area contributed by atoms with Gasteiger partial charge in [-0.15, -0.1) is 12.6 Å². The number of rotatable bonds is 0. The number of thiol groups is 1. The lowest BCUT2D eigenvalue weighted by atomic mass is 10.3. The SMILES string of the molecule is Oc1ccc(O)c(S)c1O. The third-order valence-corrected chi connectivity index (χ3v) is 1.55. The molecular weight excluding hydrogens is 152 g/mol. The van der Waals surface area contributed by atoms with Gasteiger partial charge in [-0.3, -0.25) is 0 Å². The molecule has 10 heavy (non-hydrogen) atoms. The van der Waals surface area contributed by atoms with E-state index in [0.717, 1.165) is 0 Å². The van der Waals surface area contributed by atoms with Gasteiger partial charge in [0.15, 0.2) is 11.5 Å². The molecule has 0 atom stereocenters. The fourth-order valence-corrected chi connectivity index (χ4v) is 0.747. The second-order valence-corrected chi connectivity index (χ2v) is 2.25. The molecule has 0 saturated heterocycles. The maximum absolute atomic E-state index is 8.90. The predicted octanol–water partition coefficient (Wildman–Crippen LogP) is 1.09. The molecule has 0 bridgehead atoms. The van der Waals surface area contributed by atoms with Crippen LogP contribution in [-0.4, -0.2) is 15.3 Å². The minimum atomic E-state index is -0.400. The van der Waals surface area contributed by atoms with E-state index < -0.39 is 5.75 Å². The van der Waals surface area contributed by atoms with Crippen molar-refractivity contribution in [2.45, 2.75) is 4.90 Å². The van der Waals surface area contributed by atoms with Gasteiger partial charge in [0.2, 0.25) is 0 Å². The minimum absolute atomic E-state index is 0.0139. The van der Waals surface area contributed by atoms with E-state index in [4.69, 9.17) is 15.3 Å². The summed E-state index contributed by atoms with van der Waals surface area (Å²) in [4.78, 5) is -0.0139. The summed E-state index contributed by atoms with van der Waals surface area (Å²) in [6, 6.07) is 2.43. The molecule has 0 aliphatic heterocycles. The minimum Gasteiger partial charge on any atom is -0.507 e. The van der Waals surface area contributed by atoms with Crippen molar-refractivity contribution in [1.29, 1.82) is 0 Å². The lowest BCUT2D eigenvalue weighted by Gasteiger charge is -2.01. The molecule has 0 aromatic heterocycles. The van der Waals surface area contributed by atoms with Gasteiger partial charge < -0.3 is 15.3 Å². The van der Waals surface area contributed by atoms with Crippen LogP contribution in [0.25, 0.3) is 0 Å². The summed E-state index contributed by atoms with van der Waals surface area (Å²) in [5.74, 6) is -0.843. The zero-order chi connectivity index (χ0) is 7.72. The van der Waals surface area contributed by atoms with Gasteiger partial charge in [0, 0.05) is 0 Å². The summed E-state index contributed by atoms with van der Waals surface area (Å²) in [6.45, 7) is 0. The van der Waals surface area contributed by atoms with Crippen LogP contribution in [0.3, 0.4) is 0 Å². The van der Waals surface area contributed by atoms with Crippen LogP contribution in [0.4, 0.5) is 0 Å². The quantitative estimate of drug-likeness (QED) is 0.260. The van der Waals surface area contributed by atoms with Crippen molar-refractivity contribution in [1.82, 2.24) is 0 Å². The average molecular weight is 158 g/mol. The van der Waals surface area contributed by atoms with Gasteiger partial charge in [0.1, 0.15) is 5.75 Å². The van der Waals surface area contributed by atoms with E-state index in [1.165, 1.54) is 12.1 Å². The Balaban J connectivity index is 3.34. The molecule has 0 saturated carbocycles. The molecular formula is C6H6O3S. The third kappa shape index (κ3) is 0.974. The molecule has 4 heteroatoms. The fraction of sp³-hybridized carbons (Fsp3) is 0. The zero-order valence-electron chi connectivity index (χ0n) is 4.94. The Morgan fingerprint density at radius 2 is 1.50 bits per heavy atom. The van der Waals surface area contributed by atoms with Crippen molar-refractivity contribution in [2.75, 3.05) is 0 Å². The van der Waals surface area contributed by atoms with Crippen molar-refractivity contribution in [3.63, 3.8) is 0 Å². The Morgan fingerprint density at radius 3 is 2.00 bits per heavy atom. The van der Waals surface area contributed by atoms with E-state index in [9.17, 15) is 0 Å². The van der Waals surface area contributed by atoms with Crippen molar-refractivity contribution < 1.29 is 15.3 Å². The van der Waals surface area contributed by atoms with Gasteiger partial charge in [-0.1, -0.05) is 0 Å². The number of benzene rings is 1. The molecule has 0 aliphatic carbocycles. The van der Waals surface area contributed by atoms with E-state index in [1.54, 1.807) is 0 Å². The number of hydrogen-bond acceptors (Lipinski definition) is 4. The average Bonchev–Trinajstić information content (AvgIpc) is 1.93. The molecule has 1 aromatic rings. The summed E-state index contributed by atoms with van der Waals surface area (Å²) in [7, 11) is 0. The molecule has 1 aromatic carbocycles. The fourth-order valence-electron chi connectivity index (χ4n) is 0.558. The molecule has 0 spiro atoms. The molecule has 3 N–H and O–H groups in total. The zero-order valence-corrected chi connectivity index (χ0v) is 5.84. The van der Waals surface area contributed by atoms with Gasteiger partial charge in [0.25, 0.3) is 0 Å². The molecule has 1 rings (SSSR count). The highest BCUT2D eigenvalue weighted by molar-refractivity contribution is 7.80. The van der Waals surface area contributed by atoms with Crippen molar-refractivity contribution in [3.05, 3.63) is 12.1 Å². The molecule has 0 amide bonds. The molecule has 0 aliphatic rings. The number of hydrogen-bond donors (Lipinski definition) is 4. The van der Waals surface area contributed by atoms with Gasteiger partial charge in [-0.05, 0) is 12.1 Å². The largest absolute Gasteiger partial charge is 0.507 e. The molecule has 0 heterocycles. The third-order valence-electron chi connectivity index (χ3n) is 1.11. The second kappa shape index (κ2) is 2.30. The van der Waals surface area contributed by atoms with Gasteiger partial charge in [0.05, 0.1) is 4.90 Å². The highest BCUT2D eigenvalue weighted by Gasteiger charge is 2.06. The summed E-state index contributed by atoms with van der Waals surface area (Å²) >= 11 is 3.72. The Kier molecular flexibility index (Phi) is 1.63. The van der Waals surface area contributed by atoms with Crippen LogP contribution >= 0.6 is 12.6 Å². The van der Waals surface area contributed by atoms with E-state index in [-0.39, 0.29) is 16.4 Å². The first-order valence-electron chi connectivity index (χ1n) is 2.56. The van der Waals surface area contributed by atoms with Crippen LogP contribution in [0, 0.1) is 0 Å². The first-order chi connectivity index (χ1) is 4.63. The van der Waals surface area contributed by atoms with E-state index >= 15 is 0 Å². The summed E-state index contributed by atoms with van der Waals surface area (Å²) in [6.07, 6.45) is 0. The van der Waals surface area contributed by atoms with Crippen molar-refractivity contribution in [2.24, 2.45) is 0 Å². The van der Waals surface area contributed by atoms with E-state index in [1.807, 2.05) is 0 Å². The second-order valence-electron chi connectivity index (χ2n) is 1.80. The van der Waals surface area contributed by atoms with E-state index in [0.29, 0.717) is 0 Å². The highest BCUT2D eigenvalue weighted by Crippen LogP contribution is 2.37. The Morgan fingerprint density at radius 1 is 1.00 bits per heavy atom. The first kappa shape index (κ1) is 7.08. The molecule has 0 radical (unpaired) electrons. The van der Waals surface area contributed by atoms with Crippen LogP contribution in [0.5, 0.6) is 17.2 Å². The predicted molar refractivity (Wildman–Crippen MR) is 38.7 cm³/mol. The van der Waals surface area contributed by atoms with Gasteiger partial charge in [-0.2, -0.15) is 0 Å². The summed E-state index contributed by atoms with van der Waals surface area (Å²) < 4.78 is 0. The van der Waals surface area contributed by atoms with E-state index in [2.05, 4.69) is 12.6 Å². The number of aromatic hydroxyl groups is 3. The van der Waals surface area contributed by atoms with Crippen LogP contribution in [0.2, 0.25) is 0 Å². The molecule has 3 nitrogen and oxygen atoms in total. The molecule has 0 unspecified atom stereocenters. The normalized spacial score (nSPS) is 9.70. The lowest BCUT2D eigenvalue weighted by Crippen LogP contribution is -1.72. The highest BCUT2D eigenvalue weighted by atomic mass is 32.1. The topological polar surface area (TPSA) is 60.7 Å². The van der Waals surface area contributed by atoms with Gasteiger partial charge in [-0.25, -0.2) is 0 Å². The van der Waals surface area contributed by atoms with Gasteiger partial charge >= 0.3 is 0 Å². The van der Waals surface area contributed by atoms with Crippen LogP contribution < -0.4 is 0 Å². The number of phenolic OH excluding ortho intramolecular Hbond substituents is 3. The van der Waals surface area contributed by atoms with Crippen molar-refractivity contribution in [3.8, 4) is 17.2 Å². The van der Waals surface area contributed by atoms with Crippen LogP contribution in [0.15, 0.2) is 17.0 Å². The summed E-state index contributed by atoms with van der Waals surface area (Å²) in [5, 5.41) is 26.6.